The highest BCUT2D eigenvalue weighted by Gasteiger charge is 2.27. The number of methoxy groups -OCH3 is 1. The summed E-state index contributed by atoms with van der Waals surface area (Å²) in [5, 5.41) is 0.461. The lowest BCUT2D eigenvalue weighted by Gasteiger charge is -2.21. The van der Waals surface area contributed by atoms with Crippen molar-refractivity contribution in [2.24, 2.45) is 0 Å². The molecular weight excluding hydrogens is 600 g/mol. The van der Waals surface area contributed by atoms with Gasteiger partial charge in [-0.25, -0.2) is 14.3 Å². The summed E-state index contributed by atoms with van der Waals surface area (Å²) in [6, 6.07) is 16.0. The minimum Gasteiger partial charge on any atom is -0.496 e. The van der Waals surface area contributed by atoms with E-state index in [4.69, 9.17) is 25.8 Å². The Hall–Kier alpha value is -3.58. The van der Waals surface area contributed by atoms with Gasteiger partial charge in [-0.2, -0.15) is 0 Å². The molecule has 0 saturated heterocycles. The third-order valence-electron chi connectivity index (χ3n) is 8.04. The summed E-state index contributed by atoms with van der Waals surface area (Å²) in [7, 11) is 1.49. The molecule has 1 heterocycles. The fraction of sp³-hybridized carbons (Fsp3) is 0.500. The molecule has 2 aromatic carbocycles. The summed E-state index contributed by atoms with van der Waals surface area (Å²) in [5.41, 5.74) is 1.77. The van der Waals surface area contributed by atoms with E-state index in [0.717, 1.165) is 29.8 Å². The van der Waals surface area contributed by atoms with Crippen LogP contribution in [0.2, 0.25) is 5.02 Å². The molecular formula is C38H52ClN2O5+. The van der Waals surface area contributed by atoms with Gasteiger partial charge < -0.3 is 14.2 Å². The number of ether oxygens (including phenoxy) is 3. The minimum absolute atomic E-state index is 0.0446. The Morgan fingerprint density at radius 1 is 0.783 bits per heavy atom. The molecule has 3 aromatic rings. The average molecular weight is 652 g/mol. The van der Waals surface area contributed by atoms with Crippen LogP contribution in [-0.4, -0.2) is 30.6 Å². The molecule has 7 nitrogen and oxygen atoms in total. The number of halogens is 1. The van der Waals surface area contributed by atoms with Crippen LogP contribution in [0.1, 0.15) is 112 Å². The van der Waals surface area contributed by atoms with E-state index in [1.165, 1.54) is 71.3 Å². The number of imide groups is 1. The molecule has 0 bridgehead atoms. The maximum Gasteiger partial charge on any atom is 0.417 e. The second-order valence-corrected chi connectivity index (χ2v) is 12.1. The summed E-state index contributed by atoms with van der Waals surface area (Å²) < 4.78 is 18.9. The van der Waals surface area contributed by atoms with Crippen LogP contribution in [0.4, 0.5) is 4.79 Å². The Balaban J connectivity index is 1.48. The molecule has 0 aliphatic heterocycles. The largest absolute Gasteiger partial charge is 0.496 e. The predicted molar refractivity (Wildman–Crippen MR) is 183 cm³/mol. The molecule has 3 rings (SSSR count). The van der Waals surface area contributed by atoms with Crippen LogP contribution in [-0.2, 0) is 24.4 Å². The van der Waals surface area contributed by atoms with Gasteiger partial charge >= 0.3 is 6.09 Å². The normalized spacial score (nSPS) is 10.9. The fourth-order valence-electron chi connectivity index (χ4n) is 5.33. The standard InChI is InChI=1S/C38H52ClN2O5/c1-4-6-7-8-9-10-11-12-13-14-15-18-26-45-36-24-23-31(27-34(36)39)30-46-38(43)41(29-32-20-19-25-40(5-2)28-32)37(42)33-21-16-17-22-35(33)44-3/h16-17,19-25,27-28H,4-15,18,26,29-30H2,1-3H3/q+1. The first kappa shape index (κ1) is 36.9. The monoisotopic (exact) mass is 651 g/mol. The summed E-state index contributed by atoms with van der Waals surface area (Å²) in [5.74, 6) is 0.489. The number of pyridine rings is 1. The van der Waals surface area contributed by atoms with Crippen LogP contribution >= 0.6 is 11.6 Å². The quantitative estimate of drug-likeness (QED) is 0.0847. The number of carbonyl (C=O) groups excluding carboxylic acids is 2. The zero-order valence-corrected chi connectivity index (χ0v) is 28.7. The van der Waals surface area contributed by atoms with Crippen LogP contribution < -0.4 is 14.0 Å². The summed E-state index contributed by atoms with van der Waals surface area (Å²) >= 11 is 6.51. The van der Waals surface area contributed by atoms with Gasteiger partial charge in [0.05, 0.1) is 30.8 Å². The highest BCUT2D eigenvalue weighted by molar-refractivity contribution is 6.32. The van der Waals surface area contributed by atoms with Crippen molar-refractivity contribution >= 4 is 23.6 Å². The van der Waals surface area contributed by atoms with E-state index < -0.39 is 12.0 Å². The molecule has 2 amide bonds. The van der Waals surface area contributed by atoms with E-state index >= 15 is 0 Å². The Morgan fingerprint density at radius 2 is 1.46 bits per heavy atom. The number of hydrogen-bond donors (Lipinski definition) is 0. The van der Waals surface area contributed by atoms with Crippen LogP contribution in [0.3, 0.4) is 0 Å². The second-order valence-electron chi connectivity index (χ2n) is 11.7. The molecule has 0 spiro atoms. The Kier molecular flexibility index (Phi) is 17.0. The van der Waals surface area contributed by atoms with Gasteiger partial charge in [-0.1, -0.05) is 107 Å². The highest BCUT2D eigenvalue weighted by atomic mass is 35.5. The number of nitrogens with zero attached hydrogens (tertiary/aromatic N) is 2. The summed E-state index contributed by atoms with van der Waals surface area (Å²) in [4.78, 5) is 28.1. The average Bonchev–Trinajstić information content (AvgIpc) is 3.08. The van der Waals surface area contributed by atoms with Gasteiger partial charge in [0, 0.05) is 11.6 Å². The van der Waals surface area contributed by atoms with Crippen LogP contribution in [0.25, 0.3) is 0 Å². The van der Waals surface area contributed by atoms with E-state index in [1.807, 2.05) is 42.1 Å². The van der Waals surface area contributed by atoms with Crippen LogP contribution in [0.5, 0.6) is 11.5 Å². The topological polar surface area (TPSA) is 69.0 Å². The van der Waals surface area contributed by atoms with Crippen molar-refractivity contribution in [1.82, 2.24) is 4.90 Å². The summed E-state index contributed by atoms with van der Waals surface area (Å²) in [6.45, 7) is 5.66. The molecule has 0 N–H and O–H groups in total. The SMILES string of the molecule is CCCCCCCCCCCCCCOc1ccc(COC(=O)N(Cc2ccc[n+](CC)c2)C(=O)c2ccccc2OC)cc1Cl. The van der Waals surface area contributed by atoms with E-state index in [2.05, 4.69) is 6.92 Å². The van der Waals surface area contributed by atoms with Crippen molar-refractivity contribution in [3.63, 3.8) is 0 Å². The zero-order chi connectivity index (χ0) is 33.0. The molecule has 250 valence electrons. The number of carbonyl (C=O) groups is 2. The number of para-hydroxylation sites is 1. The molecule has 0 unspecified atom stereocenters. The number of amides is 2. The van der Waals surface area contributed by atoms with Crippen LogP contribution in [0, 0.1) is 0 Å². The van der Waals surface area contributed by atoms with Gasteiger partial charge in [0.15, 0.2) is 12.4 Å². The van der Waals surface area contributed by atoms with E-state index in [-0.39, 0.29) is 18.7 Å². The van der Waals surface area contributed by atoms with E-state index in [0.29, 0.717) is 28.7 Å². The lowest BCUT2D eigenvalue weighted by Crippen LogP contribution is -2.38. The predicted octanol–water partition coefficient (Wildman–Crippen LogP) is 9.72. The Morgan fingerprint density at radius 3 is 2.11 bits per heavy atom. The van der Waals surface area contributed by atoms with Gasteiger partial charge in [-0.15, -0.1) is 0 Å². The van der Waals surface area contributed by atoms with Gasteiger partial charge in [-0.3, -0.25) is 4.79 Å². The molecule has 0 aliphatic carbocycles. The van der Waals surface area contributed by atoms with Gasteiger partial charge in [-0.05, 0) is 49.2 Å². The van der Waals surface area contributed by atoms with Crippen molar-refractivity contribution < 1.29 is 28.4 Å². The number of aromatic nitrogens is 1. The second kappa shape index (κ2) is 21.3. The van der Waals surface area contributed by atoms with Crippen molar-refractivity contribution in [2.75, 3.05) is 13.7 Å². The Labute approximate surface area is 280 Å². The Bertz CT molecular complexity index is 1350. The highest BCUT2D eigenvalue weighted by Crippen LogP contribution is 2.27. The zero-order valence-electron chi connectivity index (χ0n) is 28.0. The molecule has 0 aliphatic rings. The lowest BCUT2D eigenvalue weighted by molar-refractivity contribution is -0.694. The smallest absolute Gasteiger partial charge is 0.417 e. The fourth-order valence-corrected chi connectivity index (χ4v) is 5.59. The molecule has 1 aromatic heterocycles. The lowest BCUT2D eigenvalue weighted by atomic mass is 10.1. The van der Waals surface area contributed by atoms with Crippen molar-refractivity contribution in [1.29, 1.82) is 0 Å². The van der Waals surface area contributed by atoms with E-state index in [1.54, 1.807) is 36.4 Å². The van der Waals surface area contributed by atoms with Crippen molar-refractivity contribution in [3.05, 3.63) is 88.7 Å². The van der Waals surface area contributed by atoms with Crippen molar-refractivity contribution in [3.8, 4) is 11.5 Å². The molecule has 0 atom stereocenters. The van der Waals surface area contributed by atoms with Gasteiger partial charge in [0.1, 0.15) is 24.7 Å². The number of aryl methyl sites for hydroxylation is 1. The first-order chi connectivity index (χ1) is 22.5. The number of rotatable bonds is 21. The summed E-state index contributed by atoms with van der Waals surface area (Å²) in [6.07, 6.45) is 18.6. The molecule has 8 heteroatoms. The van der Waals surface area contributed by atoms with Gasteiger partial charge in [0.25, 0.3) is 5.91 Å². The minimum atomic E-state index is -0.758. The third kappa shape index (κ3) is 12.7. The number of benzene rings is 2. The molecule has 0 radical (unpaired) electrons. The van der Waals surface area contributed by atoms with Gasteiger partial charge in [0.2, 0.25) is 0 Å². The maximum absolute atomic E-state index is 13.6. The van der Waals surface area contributed by atoms with E-state index in [9.17, 15) is 9.59 Å². The number of unbranched alkanes of at least 4 members (excludes halogenated alkanes) is 11. The first-order valence-corrected chi connectivity index (χ1v) is 17.3. The molecule has 0 saturated carbocycles. The number of hydrogen-bond acceptors (Lipinski definition) is 5. The third-order valence-corrected chi connectivity index (χ3v) is 8.34. The first-order valence-electron chi connectivity index (χ1n) is 17.0. The molecule has 0 fully saturated rings. The van der Waals surface area contributed by atoms with Crippen LogP contribution in [0.15, 0.2) is 67.0 Å². The molecule has 46 heavy (non-hydrogen) atoms. The maximum atomic E-state index is 13.6. The van der Waals surface area contributed by atoms with Crippen molar-refractivity contribution in [2.45, 2.75) is 111 Å².